The highest BCUT2D eigenvalue weighted by molar-refractivity contribution is 6.23. The van der Waals surface area contributed by atoms with Crippen LogP contribution in [0.25, 0.3) is 109 Å². The number of hydrogen-bond acceptors (Lipinski definition) is 1. The molecule has 0 bridgehead atoms. The maximum Gasteiger partial charge on any atom is 0.136 e. The lowest BCUT2D eigenvalue weighted by molar-refractivity contribution is 0.669. The van der Waals surface area contributed by atoms with Crippen LogP contribution in [0.15, 0.2) is 186 Å². The van der Waals surface area contributed by atoms with Gasteiger partial charge in [0.1, 0.15) is 11.2 Å². The van der Waals surface area contributed by atoms with Crippen LogP contribution < -0.4 is 0 Å². The van der Waals surface area contributed by atoms with E-state index in [1.807, 2.05) is 91.0 Å². The van der Waals surface area contributed by atoms with E-state index in [1.165, 1.54) is 0 Å². The van der Waals surface area contributed by atoms with Crippen LogP contribution in [-0.2, 0) is 0 Å². The molecule has 0 N–H and O–H groups in total. The van der Waals surface area contributed by atoms with E-state index in [1.54, 1.807) is 6.07 Å². The number of hydrogen-bond donors (Lipinski definition) is 0. The van der Waals surface area contributed by atoms with E-state index >= 15 is 0 Å². The molecule has 1 heteroatoms. The standard InChI is InChI=1S/C50H30O/c1-2-13-32-30-48-46(27-31(32)12-1)45-29-36(24-25-47(45)51-48)50-42-22-9-7-20-40(42)49(41-21-8-10-23-43(41)50)35-16-11-15-33(26-35)44-28-34-14-3-4-17-37(34)38-18-5-6-19-39(38)44/h1-30H/i7D,8D,9D,10D,20D,21D,22D,23D. The minimum Gasteiger partial charge on any atom is -0.456 e. The molecule has 10 aromatic carbocycles. The summed E-state index contributed by atoms with van der Waals surface area (Å²) >= 11 is 0. The molecule has 0 saturated carbocycles. The summed E-state index contributed by atoms with van der Waals surface area (Å²) in [7, 11) is 0. The maximum absolute atomic E-state index is 9.48. The minimum absolute atomic E-state index is 0.169. The quantitative estimate of drug-likeness (QED) is 0.136. The SMILES string of the molecule is [2H]c1c([2H])c([2H])c2c(-c3ccc4oc5cc6ccccc6cc5c4c3)c3c([2H])c([2H])c([2H])c([2H])c3c(-c3cccc(-c4cc5ccccc5c5ccccc45)c3)c2c1[2H]. The first-order valence-electron chi connectivity index (χ1n) is 20.9. The fraction of sp³-hybridized carbons (Fsp3) is 0. The molecule has 0 fully saturated rings. The summed E-state index contributed by atoms with van der Waals surface area (Å²) in [6, 6.07) is 40.9. The van der Waals surface area contributed by atoms with E-state index in [9.17, 15) is 5.48 Å². The third-order valence-electron chi connectivity index (χ3n) is 10.2. The van der Waals surface area contributed by atoms with Gasteiger partial charge in [-0.15, -0.1) is 0 Å². The molecule has 0 radical (unpaired) electrons. The second-order valence-electron chi connectivity index (χ2n) is 13.0. The summed E-state index contributed by atoms with van der Waals surface area (Å²) in [5, 5.41) is 8.66. The first-order valence-corrected chi connectivity index (χ1v) is 16.9. The summed E-state index contributed by atoms with van der Waals surface area (Å²) in [4.78, 5) is 0. The molecule has 1 aromatic heterocycles. The molecule has 236 valence electrons. The Labute approximate surface area is 305 Å². The third-order valence-corrected chi connectivity index (χ3v) is 10.2. The van der Waals surface area contributed by atoms with Crippen molar-refractivity contribution in [1.29, 1.82) is 0 Å². The Morgan fingerprint density at radius 3 is 1.59 bits per heavy atom. The zero-order chi connectivity index (χ0) is 40.4. The first-order chi connectivity index (χ1) is 28.6. The van der Waals surface area contributed by atoms with Crippen molar-refractivity contribution in [2.45, 2.75) is 0 Å². The van der Waals surface area contributed by atoms with Gasteiger partial charge in [-0.3, -0.25) is 0 Å². The highest BCUT2D eigenvalue weighted by atomic mass is 16.3. The molecular formula is C50H30O. The van der Waals surface area contributed by atoms with Gasteiger partial charge in [0.05, 0.1) is 11.0 Å². The minimum atomic E-state index is -0.437. The summed E-state index contributed by atoms with van der Waals surface area (Å²) in [6.45, 7) is 0. The fourth-order valence-electron chi connectivity index (χ4n) is 7.96. The van der Waals surface area contributed by atoms with Crippen molar-refractivity contribution in [2.24, 2.45) is 0 Å². The lowest BCUT2D eigenvalue weighted by Crippen LogP contribution is -1.91. The van der Waals surface area contributed by atoms with Crippen LogP contribution in [0.5, 0.6) is 0 Å². The fourth-order valence-corrected chi connectivity index (χ4v) is 7.96. The summed E-state index contributed by atoms with van der Waals surface area (Å²) in [6.07, 6.45) is 0. The highest BCUT2D eigenvalue weighted by Gasteiger charge is 2.19. The molecule has 0 atom stereocenters. The van der Waals surface area contributed by atoms with E-state index < -0.39 is 24.2 Å². The largest absolute Gasteiger partial charge is 0.456 e. The molecule has 0 unspecified atom stereocenters. The van der Waals surface area contributed by atoms with Gasteiger partial charge in [0.2, 0.25) is 0 Å². The average molecular weight is 655 g/mol. The van der Waals surface area contributed by atoms with Gasteiger partial charge in [0, 0.05) is 10.8 Å². The molecule has 0 spiro atoms. The number of fused-ring (bicyclic) bond motifs is 9. The van der Waals surface area contributed by atoms with E-state index in [4.69, 9.17) is 9.90 Å². The topological polar surface area (TPSA) is 13.1 Å². The molecule has 11 aromatic rings. The molecule has 51 heavy (non-hydrogen) atoms. The lowest BCUT2D eigenvalue weighted by atomic mass is 9.85. The van der Waals surface area contributed by atoms with Crippen molar-refractivity contribution in [3.8, 4) is 33.4 Å². The van der Waals surface area contributed by atoms with Crippen molar-refractivity contribution in [3.05, 3.63) is 182 Å². The van der Waals surface area contributed by atoms with Crippen LogP contribution in [0, 0.1) is 0 Å². The summed E-state index contributed by atoms with van der Waals surface area (Å²) in [5.41, 5.74) is 4.80. The molecule has 0 aliphatic rings. The van der Waals surface area contributed by atoms with Gasteiger partial charge >= 0.3 is 0 Å². The molecule has 0 amide bonds. The second kappa shape index (κ2) is 10.9. The van der Waals surface area contributed by atoms with Crippen molar-refractivity contribution in [2.75, 3.05) is 0 Å². The maximum atomic E-state index is 9.48. The number of rotatable bonds is 3. The van der Waals surface area contributed by atoms with Crippen molar-refractivity contribution in [3.63, 3.8) is 0 Å². The molecule has 1 nitrogen and oxygen atoms in total. The van der Waals surface area contributed by atoms with Crippen molar-refractivity contribution in [1.82, 2.24) is 0 Å². The zero-order valence-corrected chi connectivity index (χ0v) is 27.1. The van der Waals surface area contributed by atoms with Gasteiger partial charge in [0.15, 0.2) is 0 Å². The first kappa shape index (κ1) is 21.4. The normalized spacial score (nSPS) is 14.1. The molecule has 11 rings (SSSR count). The molecule has 0 saturated heterocycles. The van der Waals surface area contributed by atoms with E-state index in [-0.39, 0.29) is 45.7 Å². The Morgan fingerprint density at radius 1 is 0.333 bits per heavy atom. The monoisotopic (exact) mass is 654 g/mol. The summed E-state index contributed by atoms with van der Waals surface area (Å²) in [5.74, 6) is 0. The molecule has 0 aliphatic carbocycles. The van der Waals surface area contributed by atoms with Crippen LogP contribution in [0.1, 0.15) is 11.0 Å². The van der Waals surface area contributed by atoms with E-state index in [2.05, 4.69) is 36.4 Å². The predicted octanol–water partition coefficient (Wildman–Crippen LogP) is 14.4. The Hall–Kier alpha value is -6.70. The summed E-state index contributed by atoms with van der Waals surface area (Å²) < 4.78 is 79.8. The van der Waals surface area contributed by atoms with E-state index in [0.717, 1.165) is 54.2 Å². The Bertz CT molecular complexity index is 3580. The second-order valence-corrected chi connectivity index (χ2v) is 13.0. The van der Waals surface area contributed by atoms with Crippen LogP contribution in [0.4, 0.5) is 0 Å². The Balaban J connectivity index is 1.28. The lowest BCUT2D eigenvalue weighted by Gasteiger charge is -2.18. The van der Waals surface area contributed by atoms with Gasteiger partial charge in [-0.2, -0.15) is 0 Å². The van der Waals surface area contributed by atoms with Gasteiger partial charge in [-0.25, -0.2) is 0 Å². The smallest absolute Gasteiger partial charge is 0.136 e. The number of furan rings is 1. The third kappa shape index (κ3) is 4.28. The Kier molecular flexibility index (Phi) is 4.57. The van der Waals surface area contributed by atoms with Crippen molar-refractivity contribution >= 4 is 75.8 Å². The zero-order valence-electron chi connectivity index (χ0n) is 35.1. The Morgan fingerprint density at radius 2 is 0.882 bits per heavy atom. The van der Waals surface area contributed by atoms with Gasteiger partial charge in [0.25, 0.3) is 0 Å². The highest BCUT2D eigenvalue weighted by Crippen LogP contribution is 2.46. The molecule has 0 aliphatic heterocycles. The van der Waals surface area contributed by atoms with Gasteiger partial charge in [-0.05, 0) is 124 Å². The van der Waals surface area contributed by atoms with Crippen LogP contribution in [0.3, 0.4) is 0 Å². The predicted molar refractivity (Wildman–Crippen MR) is 218 cm³/mol. The van der Waals surface area contributed by atoms with Gasteiger partial charge < -0.3 is 4.42 Å². The molecular weight excluding hydrogens is 617 g/mol. The van der Waals surface area contributed by atoms with Crippen molar-refractivity contribution < 1.29 is 15.4 Å². The number of benzene rings is 10. The van der Waals surface area contributed by atoms with E-state index in [0.29, 0.717) is 33.4 Å². The van der Waals surface area contributed by atoms with Crippen LogP contribution >= 0.6 is 0 Å². The van der Waals surface area contributed by atoms with Crippen LogP contribution in [0.2, 0.25) is 0 Å². The van der Waals surface area contributed by atoms with Gasteiger partial charge in [-0.1, -0.05) is 145 Å². The average Bonchev–Trinajstić information content (AvgIpc) is 3.63. The molecule has 1 heterocycles. The van der Waals surface area contributed by atoms with Crippen LogP contribution in [-0.4, -0.2) is 0 Å².